The SMILES string of the molecule is O=C(O)c1ccc([N+](=O)[O-])cc1C[C@H]1CO1. The molecule has 0 spiro atoms. The molecule has 0 aliphatic carbocycles. The van der Waals surface area contributed by atoms with Crippen molar-refractivity contribution in [1.29, 1.82) is 0 Å². The van der Waals surface area contributed by atoms with Crippen molar-refractivity contribution in [3.63, 3.8) is 0 Å². The first-order valence-corrected chi connectivity index (χ1v) is 4.70. The van der Waals surface area contributed by atoms with Gasteiger partial charge in [0.15, 0.2) is 0 Å². The van der Waals surface area contributed by atoms with E-state index >= 15 is 0 Å². The number of benzene rings is 1. The molecule has 84 valence electrons. The smallest absolute Gasteiger partial charge is 0.335 e. The van der Waals surface area contributed by atoms with Gasteiger partial charge in [-0.15, -0.1) is 0 Å². The van der Waals surface area contributed by atoms with E-state index in [0.717, 1.165) is 0 Å². The Morgan fingerprint density at radius 2 is 2.31 bits per heavy atom. The first-order valence-electron chi connectivity index (χ1n) is 4.70. The molecule has 6 nitrogen and oxygen atoms in total. The van der Waals surface area contributed by atoms with Gasteiger partial charge in [-0.05, 0) is 11.6 Å². The molecule has 1 aromatic rings. The normalized spacial score (nSPS) is 18.1. The Morgan fingerprint density at radius 3 is 2.81 bits per heavy atom. The van der Waals surface area contributed by atoms with Crippen LogP contribution in [-0.2, 0) is 11.2 Å². The van der Waals surface area contributed by atoms with Crippen LogP contribution in [0.5, 0.6) is 0 Å². The molecule has 1 aliphatic heterocycles. The van der Waals surface area contributed by atoms with Gasteiger partial charge in [-0.25, -0.2) is 4.79 Å². The molecule has 0 unspecified atom stereocenters. The summed E-state index contributed by atoms with van der Waals surface area (Å²) in [5, 5.41) is 19.5. The maximum atomic E-state index is 10.9. The van der Waals surface area contributed by atoms with E-state index < -0.39 is 10.9 Å². The van der Waals surface area contributed by atoms with Crippen molar-refractivity contribution in [3.8, 4) is 0 Å². The largest absolute Gasteiger partial charge is 0.478 e. The minimum Gasteiger partial charge on any atom is -0.478 e. The predicted octanol–water partition coefficient (Wildman–Crippen LogP) is 1.23. The number of carbonyl (C=O) groups is 1. The Hall–Kier alpha value is -1.95. The molecule has 1 N–H and O–H groups in total. The van der Waals surface area contributed by atoms with E-state index in [4.69, 9.17) is 9.84 Å². The van der Waals surface area contributed by atoms with Crippen LogP contribution in [0.15, 0.2) is 18.2 Å². The van der Waals surface area contributed by atoms with Crippen molar-refractivity contribution in [2.24, 2.45) is 0 Å². The summed E-state index contributed by atoms with van der Waals surface area (Å²) in [5.41, 5.74) is 0.450. The summed E-state index contributed by atoms with van der Waals surface area (Å²) in [7, 11) is 0. The summed E-state index contributed by atoms with van der Waals surface area (Å²) >= 11 is 0. The average Bonchev–Trinajstić information content (AvgIpc) is 3.01. The number of hydrogen-bond acceptors (Lipinski definition) is 4. The standard InChI is InChI=1S/C10H9NO5/c12-10(13)9-2-1-7(11(14)15)3-6(9)4-8-5-16-8/h1-3,8H,4-5H2,(H,12,13)/t8-/m0/s1. The monoisotopic (exact) mass is 223 g/mol. The molecule has 1 atom stereocenters. The van der Waals surface area contributed by atoms with E-state index in [1.165, 1.54) is 18.2 Å². The van der Waals surface area contributed by atoms with Crippen LogP contribution in [0, 0.1) is 10.1 Å². The maximum absolute atomic E-state index is 10.9. The first-order chi connectivity index (χ1) is 7.58. The van der Waals surface area contributed by atoms with E-state index in [2.05, 4.69) is 0 Å². The highest BCUT2D eigenvalue weighted by molar-refractivity contribution is 5.89. The molecule has 0 radical (unpaired) electrons. The minimum atomic E-state index is -1.08. The number of hydrogen-bond donors (Lipinski definition) is 1. The molecule has 1 aliphatic rings. The highest BCUT2D eigenvalue weighted by atomic mass is 16.6. The van der Waals surface area contributed by atoms with E-state index in [1.807, 2.05) is 0 Å². The topological polar surface area (TPSA) is 93.0 Å². The number of epoxide rings is 1. The fourth-order valence-electron chi connectivity index (χ4n) is 1.50. The number of nitrogens with zero attached hydrogens (tertiary/aromatic N) is 1. The van der Waals surface area contributed by atoms with Gasteiger partial charge in [0.1, 0.15) is 0 Å². The Bertz CT molecular complexity index is 453. The average molecular weight is 223 g/mol. The van der Waals surface area contributed by atoms with E-state index in [0.29, 0.717) is 18.6 Å². The van der Waals surface area contributed by atoms with Gasteiger partial charge in [-0.2, -0.15) is 0 Å². The molecule has 16 heavy (non-hydrogen) atoms. The Kier molecular flexibility index (Phi) is 2.57. The minimum absolute atomic E-state index is 0.0000964. The van der Waals surface area contributed by atoms with Gasteiger partial charge >= 0.3 is 5.97 Å². The summed E-state index contributed by atoms with van der Waals surface area (Å²) in [6.45, 7) is 0.585. The Balaban J connectivity index is 2.37. The van der Waals surface area contributed by atoms with Crippen LogP contribution >= 0.6 is 0 Å². The summed E-state index contributed by atoms with van der Waals surface area (Å²) in [6, 6.07) is 3.75. The molecule has 1 fully saturated rings. The lowest BCUT2D eigenvalue weighted by Crippen LogP contribution is -2.06. The number of rotatable bonds is 4. The molecule has 6 heteroatoms. The number of aromatic carboxylic acids is 1. The number of non-ortho nitro benzene ring substituents is 1. The van der Waals surface area contributed by atoms with Crippen molar-refractivity contribution in [2.75, 3.05) is 6.61 Å². The van der Waals surface area contributed by atoms with Crippen molar-refractivity contribution >= 4 is 11.7 Å². The van der Waals surface area contributed by atoms with Gasteiger partial charge in [0.05, 0.1) is 23.2 Å². The van der Waals surface area contributed by atoms with Crippen molar-refractivity contribution in [1.82, 2.24) is 0 Å². The van der Waals surface area contributed by atoms with Crippen LogP contribution in [0.1, 0.15) is 15.9 Å². The molecule has 0 aromatic heterocycles. The lowest BCUT2D eigenvalue weighted by Gasteiger charge is -2.03. The van der Waals surface area contributed by atoms with Gasteiger partial charge in [0, 0.05) is 18.6 Å². The Morgan fingerprint density at radius 1 is 1.62 bits per heavy atom. The lowest BCUT2D eigenvalue weighted by molar-refractivity contribution is -0.384. The molecule has 1 aromatic carbocycles. The molecule has 0 saturated carbocycles. The van der Waals surface area contributed by atoms with E-state index in [-0.39, 0.29) is 17.4 Å². The third-order valence-corrected chi connectivity index (χ3v) is 2.38. The fourth-order valence-corrected chi connectivity index (χ4v) is 1.50. The first kappa shape index (κ1) is 10.6. The zero-order valence-corrected chi connectivity index (χ0v) is 8.25. The van der Waals surface area contributed by atoms with Gasteiger partial charge in [0.25, 0.3) is 5.69 Å². The van der Waals surface area contributed by atoms with Crippen molar-refractivity contribution < 1.29 is 19.6 Å². The highest BCUT2D eigenvalue weighted by Gasteiger charge is 2.26. The van der Waals surface area contributed by atoms with Crippen LogP contribution in [0.2, 0.25) is 0 Å². The molecule has 2 rings (SSSR count). The number of nitro benzene ring substituents is 1. The fraction of sp³-hybridized carbons (Fsp3) is 0.300. The maximum Gasteiger partial charge on any atom is 0.335 e. The van der Waals surface area contributed by atoms with E-state index in [9.17, 15) is 14.9 Å². The zero-order chi connectivity index (χ0) is 11.7. The predicted molar refractivity (Wildman–Crippen MR) is 53.5 cm³/mol. The molecule has 1 saturated heterocycles. The quantitative estimate of drug-likeness (QED) is 0.470. The second kappa shape index (κ2) is 3.90. The number of carboxylic acids is 1. The van der Waals surface area contributed by atoms with Crippen LogP contribution in [0.4, 0.5) is 5.69 Å². The van der Waals surface area contributed by atoms with Gasteiger partial charge in [-0.1, -0.05) is 0 Å². The molecule has 1 heterocycles. The summed E-state index contributed by atoms with van der Waals surface area (Å²) in [5.74, 6) is -1.08. The molecular weight excluding hydrogens is 214 g/mol. The summed E-state index contributed by atoms with van der Waals surface area (Å²) in [4.78, 5) is 20.9. The van der Waals surface area contributed by atoms with Gasteiger partial charge in [-0.3, -0.25) is 10.1 Å². The number of carboxylic acid groups (broad SMARTS) is 1. The van der Waals surface area contributed by atoms with Crippen LogP contribution < -0.4 is 0 Å². The molecular formula is C10H9NO5. The highest BCUT2D eigenvalue weighted by Crippen LogP contribution is 2.23. The van der Waals surface area contributed by atoms with Crippen molar-refractivity contribution in [2.45, 2.75) is 12.5 Å². The van der Waals surface area contributed by atoms with Crippen molar-refractivity contribution in [3.05, 3.63) is 39.4 Å². The molecule has 0 bridgehead atoms. The summed E-state index contributed by atoms with van der Waals surface area (Å²) in [6.07, 6.45) is 0.406. The third kappa shape index (κ3) is 2.17. The van der Waals surface area contributed by atoms with Gasteiger partial charge in [0.2, 0.25) is 0 Å². The second-order valence-corrected chi connectivity index (χ2v) is 3.56. The second-order valence-electron chi connectivity index (χ2n) is 3.56. The van der Waals surface area contributed by atoms with E-state index in [1.54, 1.807) is 0 Å². The number of ether oxygens (including phenoxy) is 1. The lowest BCUT2D eigenvalue weighted by atomic mass is 10.0. The van der Waals surface area contributed by atoms with Gasteiger partial charge < -0.3 is 9.84 Å². The zero-order valence-electron chi connectivity index (χ0n) is 8.25. The van der Waals surface area contributed by atoms with Crippen LogP contribution in [0.3, 0.4) is 0 Å². The summed E-state index contributed by atoms with van der Waals surface area (Å²) < 4.78 is 4.98. The Labute approximate surface area is 90.6 Å². The number of nitro groups is 1. The van der Waals surface area contributed by atoms with Crippen LogP contribution in [0.25, 0.3) is 0 Å². The third-order valence-electron chi connectivity index (χ3n) is 2.38. The molecule has 0 amide bonds. The van der Waals surface area contributed by atoms with Crippen LogP contribution in [-0.4, -0.2) is 28.7 Å².